The van der Waals surface area contributed by atoms with Gasteiger partial charge in [-0.2, -0.15) is 4.68 Å². The Morgan fingerprint density at radius 1 is 1.16 bits per heavy atom. The van der Waals surface area contributed by atoms with Gasteiger partial charge in [0.1, 0.15) is 0 Å². The van der Waals surface area contributed by atoms with E-state index in [4.69, 9.17) is 0 Å². The molecule has 3 heterocycles. The molecule has 1 unspecified atom stereocenters. The molecule has 1 aromatic heterocycles. The Morgan fingerprint density at radius 2 is 2.00 bits per heavy atom. The number of amides is 1. The van der Waals surface area contributed by atoms with Gasteiger partial charge in [-0.3, -0.25) is 4.79 Å². The van der Waals surface area contributed by atoms with E-state index in [1.54, 1.807) is 9.58 Å². The van der Waals surface area contributed by atoms with Gasteiger partial charge in [0.25, 0.3) is 0 Å². The van der Waals surface area contributed by atoms with Crippen molar-refractivity contribution < 1.29 is 9.90 Å². The Hall–Kier alpha value is -2.48. The lowest BCUT2D eigenvalue weighted by Gasteiger charge is -2.39. The molecule has 132 valence electrons. The molecule has 2 aliphatic rings. The number of hydrogen-bond donors (Lipinski definition) is 1. The van der Waals surface area contributed by atoms with Crippen LogP contribution in [0.4, 0.5) is 5.95 Å². The lowest BCUT2D eigenvalue weighted by molar-refractivity contribution is -0.145. The lowest BCUT2D eigenvalue weighted by Crippen LogP contribution is -2.51. The normalized spacial score (nSPS) is 23.6. The van der Waals surface area contributed by atoms with Crippen LogP contribution in [0.3, 0.4) is 0 Å². The second-order valence-corrected chi connectivity index (χ2v) is 6.80. The van der Waals surface area contributed by atoms with Crippen molar-refractivity contribution in [1.82, 2.24) is 25.1 Å². The summed E-state index contributed by atoms with van der Waals surface area (Å²) in [6, 6.07) is 9.77. The van der Waals surface area contributed by atoms with Gasteiger partial charge in [-0.25, -0.2) is 0 Å². The number of para-hydroxylation sites is 1. The molecule has 1 N–H and O–H groups in total. The van der Waals surface area contributed by atoms with Crippen molar-refractivity contribution in [2.45, 2.75) is 19.3 Å². The van der Waals surface area contributed by atoms with Crippen LogP contribution in [0.5, 0.6) is 0 Å². The molecule has 1 amide bonds. The number of likely N-dealkylation sites (tertiary alicyclic amines) is 1. The van der Waals surface area contributed by atoms with Crippen molar-refractivity contribution in [1.29, 1.82) is 0 Å². The number of rotatable bonds is 4. The predicted octanol–water partition coefficient (Wildman–Crippen LogP) is 0.473. The summed E-state index contributed by atoms with van der Waals surface area (Å²) in [6.45, 7) is 2.55. The molecule has 0 aliphatic carbocycles. The van der Waals surface area contributed by atoms with E-state index < -0.39 is 0 Å². The minimum absolute atomic E-state index is 0.0117. The van der Waals surface area contributed by atoms with Crippen LogP contribution < -0.4 is 4.90 Å². The summed E-state index contributed by atoms with van der Waals surface area (Å²) in [5, 5.41) is 21.3. The maximum atomic E-state index is 12.9. The Morgan fingerprint density at radius 3 is 2.80 bits per heavy atom. The van der Waals surface area contributed by atoms with Crippen LogP contribution in [0.2, 0.25) is 0 Å². The highest BCUT2D eigenvalue weighted by Gasteiger charge is 2.49. The third-order valence-corrected chi connectivity index (χ3v) is 5.28. The topological polar surface area (TPSA) is 87.4 Å². The highest BCUT2D eigenvalue weighted by atomic mass is 16.3. The zero-order valence-electron chi connectivity index (χ0n) is 14.1. The second-order valence-electron chi connectivity index (χ2n) is 6.80. The van der Waals surface area contributed by atoms with Gasteiger partial charge in [0, 0.05) is 26.2 Å². The SMILES string of the molecule is O=C1N(CCO)CCCC12CCN(c1nnnn1-c1ccccc1)C2. The van der Waals surface area contributed by atoms with Gasteiger partial charge < -0.3 is 14.9 Å². The molecule has 0 radical (unpaired) electrons. The molecule has 1 aromatic carbocycles. The Bertz CT molecular complexity index is 747. The fraction of sp³-hybridized carbons (Fsp3) is 0.529. The molecule has 25 heavy (non-hydrogen) atoms. The third kappa shape index (κ3) is 2.76. The molecule has 4 rings (SSSR count). The highest BCUT2D eigenvalue weighted by Crippen LogP contribution is 2.41. The van der Waals surface area contributed by atoms with E-state index in [0.717, 1.165) is 38.0 Å². The number of aliphatic hydroxyl groups is 1. The van der Waals surface area contributed by atoms with Crippen LogP contribution >= 0.6 is 0 Å². The van der Waals surface area contributed by atoms with Crippen LogP contribution in [0.25, 0.3) is 5.69 Å². The van der Waals surface area contributed by atoms with E-state index in [-0.39, 0.29) is 17.9 Å². The summed E-state index contributed by atoms with van der Waals surface area (Å²) in [7, 11) is 0. The minimum atomic E-state index is -0.374. The number of hydrogen-bond acceptors (Lipinski definition) is 6. The number of aromatic nitrogens is 4. The first-order valence-corrected chi connectivity index (χ1v) is 8.72. The smallest absolute Gasteiger partial charge is 0.250 e. The zero-order valence-corrected chi connectivity index (χ0v) is 14.1. The molecule has 0 saturated carbocycles. The van der Waals surface area contributed by atoms with E-state index in [1.807, 2.05) is 30.3 Å². The number of nitrogens with zero attached hydrogens (tertiary/aromatic N) is 6. The summed E-state index contributed by atoms with van der Waals surface area (Å²) < 4.78 is 1.72. The molecule has 8 nitrogen and oxygen atoms in total. The number of β-amino-alcohol motifs (C(OH)–C–C–N with tert-alkyl or cyclic N) is 1. The van der Waals surface area contributed by atoms with Gasteiger partial charge in [0.05, 0.1) is 17.7 Å². The van der Waals surface area contributed by atoms with E-state index in [0.29, 0.717) is 19.0 Å². The number of piperidine rings is 1. The van der Waals surface area contributed by atoms with Gasteiger partial charge >= 0.3 is 0 Å². The molecule has 2 aromatic rings. The first-order chi connectivity index (χ1) is 12.2. The standard InChI is InChI=1S/C17H22N6O2/c24-12-11-21-9-4-7-17(15(21)25)8-10-22(13-17)16-18-19-20-23(16)14-5-2-1-3-6-14/h1-3,5-6,24H,4,7-13H2. The number of tetrazole rings is 1. The van der Waals surface area contributed by atoms with Crippen molar-refractivity contribution in [2.24, 2.45) is 5.41 Å². The first-order valence-electron chi connectivity index (χ1n) is 8.72. The van der Waals surface area contributed by atoms with Crippen LogP contribution in [0.1, 0.15) is 19.3 Å². The largest absolute Gasteiger partial charge is 0.395 e. The van der Waals surface area contributed by atoms with E-state index >= 15 is 0 Å². The number of aliphatic hydroxyl groups excluding tert-OH is 1. The first kappa shape index (κ1) is 16.0. The van der Waals surface area contributed by atoms with Gasteiger partial charge in [-0.1, -0.05) is 23.3 Å². The summed E-state index contributed by atoms with van der Waals surface area (Å²) in [6.07, 6.45) is 2.66. The number of carbonyl (C=O) groups is 1. The van der Waals surface area contributed by atoms with Gasteiger partial charge in [-0.05, 0) is 41.8 Å². The van der Waals surface area contributed by atoms with Crippen molar-refractivity contribution in [3.63, 3.8) is 0 Å². The average molecular weight is 342 g/mol. The average Bonchev–Trinajstić information content (AvgIpc) is 3.28. The van der Waals surface area contributed by atoms with Gasteiger partial charge in [0.15, 0.2) is 0 Å². The fourth-order valence-electron chi connectivity index (χ4n) is 4.02. The number of benzene rings is 1. The fourth-order valence-corrected chi connectivity index (χ4v) is 4.02. The summed E-state index contributed by atoms with van der Waals surface area (Å²) in [4.78, 5) is 16.8. The van der Waals surface area contributed by atoms with Gasteiger partial charge in [-0.15, -0.1) is 0 Å². The lowest BCUT2D eigenvalue weighted by atomic mass is 9.78. The molecule has 1 spiro atoms. The summed E-state index contributed by atoms with van der Waals surface area (Å²) in [5.41, 5.74) is 0.529. The molecule has 2 saturated heterocycles. The molecule has 8 heteroatoms. The zero-order chi connectivity index (χ0) is 17.3. The van der Waals surface area contributed by atoms with Crippen LogP contribution in [-0.4, -0.2) is 68.9 Å². The summed E-state index contributed by atoms with van der Waals surface area (Å²) in [5.74, 6) is 0.837. The quantitative estimate of drug-likeness (QED) is 0.869. The van der Waals surface area contributed by atoms with Crippen LogP contribution in [-0.2, 0) is 4.79 Å². The van der Waals surface area contributed by atoms with Gasteiger partial charge in [0.2, 0.25) is 11.9 Å². The molecular formula is C17H22N6O2. The Balaban J connectivity index is 1.58. The number of anilines is 1. The van der Waals surface area contributed by atoms with Crippen molar-refractivity contribution in [2.75, 3.05) is 37.7 Å². The maximum Gasteiger partial charge on any atom is 0.250 e. The Labute approximate surface area is 146 Å². The second kappa shape index (κ2) is 6.44. The van der Waals surface area contributed by atoms with Crippen molar-refractivity contribution in [3.8, 4) is 5.69 Å². The van der Waals surface area contributed by atoms with Crippen molar-refractivity contribution in [3.05, 3.63) is 30.3 Å². The van der Waals surface area contributed by atoms with Crippen LogP contribution in [0.15, 0.2) is 30.3 Å². The minimum Gasteiger partial charge on any atom is -0.395 e. The molecule has 2 aliphatic heterocycles. The van der Waals surface area contributed by atoms with Crippen LogP contribution in [0, 0.1) is 5.41 Å². The third-order valence-electron chi connectivity index (χ3n) is 5.28. The molecule has 1 atom stereocenters. The molecular weight excluding hydrogens is 320 g/mol. The predicted molar refractivity (Wildman–Crippen MR) is 91.3 cm³/mol. The maximum absolute atomic E-state index is 12.9. The summed E-state index contributed by atoms with van der Waals surface area (Å²) >= 11 is 0. The van der Waals surface area contributed by atoms with Crippen molar-refractivity contribution >= 4 is 11.9 Å². The highest BCUT2D eigenvalue weighted by molar-refractivity contribution is 5.85. The monoisotopic (exact) mass is 342 g/mol. The number of carbonyl (C=O) groups excluding carboxylic acids is 1. The van der Waals surface area contributed by atoms with E-state index in [1.165, 1.54) is 0 Å². The van der Waals surface area contributed by atoms with E-state index in [9.17, 15) is 9.90 Å². The molecule has 2 fully saturated rings. The molecule has 0 bridgehead atoms. The Kier molecular flexibility index (Phi) is 4.12. The van der Waals surface area contributed by atoms with E-state index in [2.05, 4.69) is 20.4 Å².